The molecule has 0 fully saturated rings. The maximum absolute atomic E-state index is 13.5. The number of halogens is 1. The summed E-state index contributed by atoms with van der Waals surface area (Å²) in [7, 11) is 0. The van der Waals surface area contributed by atoms with Gasteiger partial charge in [0.1, 0.15) is 5.82 Å². The second-order valence-corrected chi connectivity index (χ2v) is 5.87. The maximum Gasteiger partial charge on any atom is 0.126 e. The van der Waals surface area contributed by atoms with Crippen molar-refractivity contribution in [3.05, 3.63) is 35.6 Å². The molecular formula is C14H22FNO. The number of β-amino-alcohol motifs (C(OH)–C–C–N with tert-alkyl or cyclic N) is 1. The summed E-state index contributed by atoms with van der Waals surface area (Å²) in [5.74, 6) is -0.261. The zero-order valence-corrected chi connectivity index (χ0v) is 11.0. The summed E-state index contributed by atoms with van der Waals surface area (Å²) in [6.45, 7) is 8.26. The van der Waals surface area contributed by atoms with E-state index in [4.69, 9.17) is 0 Å². The first-order valence-corrected chi connectivity index (χ1v) is 5.90. The highest BCUT2D eigenvalue weighted by atomic mass is 19.1. The lowest BCUT2D eigenvalue weighted by Gasteiger charge is -2.29. The summed E-state index contributed by atoms with van der Waals surface area (Å²) in [5, 5.41) is 13.5. The zero-order chi connectivity index (χ0) is 13.1. The molecule has 1 rings (SSSR count). The topological polar surface area (TPSA) is 32.3 Å². The molecule has 96 valence electrons. The van der Waals surface area contributed by atoms with Gasteiger partial charge in [-0.25, -0.2) is 4.39 Å². The first kappa shape index (κ1) is 14.1. The predicted octanol–water partition coefficient (Wildman–Crippen LogP) is 2.51. The highest BCUT2D eigenvalue weighted by Crippen LogP contribution is 2.16. The van der Waals surface area contributed by atoms with Gasteiger partial charge in [0.05, 0.1) is 5.60 Å². The Morgan fingerprint density at radius 1 is 1.18 bits per heavy atom. The maximum atomic E-state index is 13.5. The van der Waals surface area contributed by atoms with Crippen LogP contribution in [0, 0.1) is 5.82 Å². The van der Waals surface area contributed by atoms with Crippen LogP contribution in [0.25, 0.3) is 0 Å². The Hall–Kier alpha value is -0.930. The first-order chi connectivity index (χ1) is 7.70. The van der Waals surface area contributed by atoms with Crippen molar-refractivity contribution in [2.45, 2.75) is 45.3 Å². The van der Waals surface area contributed by atoms with Gasteiger partial charge in [-0.3, -0.25) is 0 Å². The van der Waals surface area contributed by atoms with Crippen molar-refractivity contribution in [3.8, 4) is 0 Å². The van der Waals surface area contributed by atoms with Gasteiger partial charge < -0.3 is 10.4 Å². The highest BCUT2D eigenvalue weighted by Gasteiger charge is 2.24. The summed E-state index contributed by atoms with van der Waals surface area (Å²) in [4.78, 5) is 0. The van der Waals surface area contributed by atoms with Crippen molar-refractivity contribution in [1.82, 2.24) is 5.32 Å². The lowest BCUT2D eigenvalue weighted by atomic mass is 9.95. The molecule has 0 heterocycles. The van der Waals surface area contributed by atoms with Crippen LogP contribution in [0.3, 0.4) is 0 Å². The molecule has 0 saturated heterocycles. The lowest BCUT2D eigenvalue weighted by molar-refractivity contribution is 0.0526. The molecule has 2 N–H and O–H groups in total. The number of hydrogen-bond donors (Lipinski definition) is 2. The van der Waals surface area contributed by atoms with E-state index >= 15 is 0 Å². The van der Waals surface area contributed by atoms with Gasteiger partial charge in [0.25, 0.3) is 0 Å². The molecule has 0 aromatic heterocycles. The largest absolute Gasteiger partial charge is 0.389 e. The molecule has 0 aliphatic heterocycles. The van der Waals surface area contributed by atoms with Gasteiger partial charge in [-0.05, 0) is 39.3 Å². The van der Waals surface area contributed by atoms with Crippen molar-refractivity contribution in [3.63, 3.8) is 0 Å². The monoisotopic (exact) mass is 239 g/mol. The van der Waals surface area contributed by atoms with E-state index < -0.39 is 5.60 Å². The van der Waals surface area contributed by atoms with Gasteiger partial charge in [0, 0.05) is 18.5 Å². The Morgan fingerprint density at radius 3 is 2.29 bits per heavy atom. The van der Waals surface area contributed by atoms with Crippen LogP contribution >= 0.6 is 0 Å². The van der Waals surface area contributed by atoms with Crippen molar-refractivity contribution in [1.29, 1.82) is 0 Å². The van der Waals surface area contributed by atoms with Crippen molar-refractivity contribution >= 4 is 0 Å². The van der Waals surface area contributed by atoms with Crippen LogP contribution < -0.4 is 5.32 Å². The van der Waals surface area contributed by atoms with E-state index in [1.54, 1.807) is 25.1 Å². The van der Waals surface area contributed by atoms with E-state index in [0.29, 0.717) is 18.5 Å². The van der Waals surface area contributed by atoms with Gasteiger partial charge in [-0.15, -0.1) is 0 Å². The Bertz CT molecular complexity index is 369. The van der Waals surface area contributed by atoms with E-state index in [1.807, 2.05) is 20.8 Å². The van der Waals surface area contributed by atoms with Gasteiger partial charge in [-0.1, -0.05) is 18.2 Å². The van der Waals surface area contributed by atoms with Gasteiger partial charge in [0.2, 0.25) is 0 Å². The summed E-state index contributed by atoms with van der Waals surface area (Å²) >= 11 is 0. The average Bonchev–Trinajstić information content (AvgIpc) is 2.18. The number of benzene rings is 1. The Balaban J connectivity index is 2.64. The van der Waals surface area contributed by atoms with Crippen LogP contribution in [0.5, 0.6) is 0 Å². The second-order valence-electron chi connectivity index (χ2n) is 5.87. The standard InChI is InChI=1S/C14H22FNO/c1-13(2,3)16-10-14(4,17)9-11-7-5-6-8-12(11)15/h5-8,16-17H,9-10H2,1-4H3. The molecule has 0 radical (unpaired) electrons. The number of aliphatic hydroxyl groups is 1. The highest BCUT2D eigenvalue weighted by molar-refractivity contribution is 5.19. The van der Waals surface area contributed by atoms with Crippen molar-refractivity contribution in [2.24, 2.45) is 0 Å². The van der Waals surface area contributed by atoms with Crippen LogP contribution in [0.15, 0.2) is 24.3 Å². The summed E-state index contributed by atoms with van der Waals surface area (Å²) in [5.41, 5.74) is -0.456. The van der Waals surface area contributed by atoms with E-state index in [2.05, 4.69) is 5.32 Å². The second kappa shape index (κ2) is 5.15. The summed E-state index contributed by atoms with van der Waals surface area (Å²) in [6, 6.07) is 6.57. The van der Waals surface area contributed by atoms with Crippen LogP contribution in [0.4, 0.5) is 4.39 Å². The molecule has 17 heavy (non-hydrogen) atoms. The third-order valence-electron chi connectivity index (χ3n) is 2.53. The summed E-state index contributed by atoms with van der Waals surface area (Å²) in [6.07, 6.45) is 0.308. The SMILES string of the molecule is CC(O)(CNC(C)(C)C)Cc1ccccc1F. The minimum atomic E-state index is -0.949. The zero-order valence-electron chi connectivity index (χ0n) is 11.0. The smallest absolute Gasteiger partial charge is 0.126 e. The van der Waals surface area contributed by atoms with Crippen molar-refractivity contribution in [2.75, 3.05) is 6.54 Å². The fourth-order valence-electron chi connectivity index (χ4n) is 1.57. The lowest BCUT2D eigenvalue weighted by Crippen LogP contribution is -2.47. The Morgan fingerprint density at radius 2 is 1.76 bits per heavy atom. The third kappa shape index (κ3) is 5.29. The number of nitrogens with one attached hydrogen (secondary N) is 1. The fourth-order valence-corrected chi connectivity index (χ4v) is 1.57. The first-order valence-electron chi connectivity index (χ1n) is 5.90. The van der Waals surface area contributed by atoms with E-state index in [9.17, 15) is 9.50 Å². The molecule has 0 bridgehead atoms. The van der Waals surface area contributed by atoms with Crippen molar-refractivity contribution < 1.29 is 9.50 Å². The molecule has 3 heteroatoms. The number of rotatable bonds is 4. The van der Waals surface area contributed by atoms with Gasteiger partial charge in [0.15, 0.2) is 0 Å². The van der Waals surface area contributed by atoms with Crippen LogP contribution in [-0.2, 0) is 6.42 Å². The molecule has 2 nitrogen and oxygen atoms in total. The van der Waals surface area contributed by atoms with Crippen LogP contribution in [0.2, 0.25) is 0 Å². The normalized spacial score (nSPS) is 15.6. The predicted molar refractivity (Wildman–Crippen MR) is 68.5 cm³/mol. The van der Waals surface area contributed by atoms with Crippen LogP contribution in [-0.4, -0.2) is 22.8 Å². The molecular weight excluding hydrogens is 217 g/mol. The van der Waals surface area contributed by atoms with E-state index in [0.717, 1.165) is 0 Å². The fraction of sp³-hybridized carbons (Fsp3) is 0.571. The molecule has 1 atom stereocenters. The molecule has 0 saturated carbocycles. The number of hydrogen-bond acceptors (Lipinski definition) is 2. The van der Waals surface area contributed by atoms with E-state index in [1.165, 1.54) is 6.07 Å². The molecule has 1 aromatic rings. The molecule has 0 spiro atoms. The molecule has 1 unspecified atom stereocenters. The van der Waals surface area contributed by atoms with Crippen LogP contribution in [0.1, 0.15) is 33.3 Å². The molecule has 1 aromatic carbocycles. The molecule has 0 amide bonds. The third-order valence-corrected chi connectivity index (χ3v) is 2.53. The summed E-state index contributed by atoms with van der Waals surface area (Å²) < 4.78 is 13.5. The molecule has 0 aliphatic rings. The minimum absolute atomic E-state index is 0.0563. The average molecular weight is 239 g/mol. The van der Waals surface area contributed by atoms with Gasteiger partial charge >= 0.3 is 0 Å². The quantitative estimate of drug-likeness (QED) is 0.846. The Kier molecular flexibility index (Phi) is 4.28. The minimum Gasteiger partial charge on any atom is -0.389 e. The van der Waals surface area contributed by atoms with E-state index in [-0.39, 0.29) is 11.4 Å². The van der Waals surface area contributed by atoms with Gasteiger partial charge in [-0.2, -0.15) is 0 Å². The Labute approximate surface area is 103 Å². The molecule has 0 aliphatic carbocycles.